The van der Waals surface area contributed by atoms with Gasteiger partial charge in [0.2, 0.25) is 0 Å². The Morgan fingerprint density at radius 3 is 2.20 bits per heavy atom. The van der Waals surface area contributed by atoms with Gasteiger partial charge in [-0.15, -0.1) is 0 Å². The molecule has 4 heteroatoms. The average molecular weight is 278 g/mol. The number of rotatable bonds is 4. The normalized spacial score (nSPS) is 12.5. The van der Waals surface area contributed by atoms with E-state index in [1.807, 2.05) is 32.0 Å². The summed E-state index contributed by atoms with van der Waals surface area (Å²) >= 11 is 0. The Morgan fingerprint density at radius 1 is 1.00 bits per heavy atom. The van der Waals surface area contributed by atoms with Crippen LogP contribution in [0.2, 0.25) is 0 Å². The molecule has 2 rings (SSSR count). The van der Waals surface area contributed by atoms with E-state index in [2.05, 4.69) is 4.74 Å². The molecule has 1 unspecified atom stereocenters. The van der Waals surface area contributed by atoms with E-state index < -0.39 is 12.7 Å². The first-order valence-corrected chi connectivity index (χ1v) is 6.27. The molecule has 2 nitrogen and oxygen atoms in total. The van der Waals surface area contributed by atoms with Crippen LogP contribution in [0.4, 0.5) is 8.78 Å². The van der Waals surface area contributed by atoms with Crippen molar-refractivity contribution in [2.24, 2.45) is 0 Å². The van der Waals surface area contributed by atoms with Crippen LogP contribution >= 0.6 is 0 Å². The van der Waals surface area contributed by atoms with Crippen LogP contribution in [0.25, 0.3) is 0 Å². The second-order valence-corrected chi connectivity index (χ2v) is 4.71. The minimum atomic E-state index is -2.84. The summed E-state index contributed by atoms with van der Waals surface area (Å²) in [4.78, 5) is 0. The second kappa shape index (κ2) is 6.01. The molecule has 0 bridgehead atoms. The maximum absolute atomic E-state index is 12.1. The van der Waals surface area contributed by atoms with Crippen molar-refractivity contribution < 1.29 is 18.6 Å². The molecule has 0 aromatic heterocycles. The van der Waals surface area contributed by atoms with Gasteiger partial charge in [0.1, 0.15) is 11.9 Å². The summed E-state index contributed by atoms with van der Waals surface area (Å²) in [6.45, 7) is 1.07. The number of alkyl halides is 2. The molecule has 0 radical (unpaired) electrons. The number of aliphatic hydroxyl groups is 1. The van der Waals surface area contributed by atoms with E-state index in [1.165, 1.54) is 12.1 Å². The standard InChI is InChI=1S/C16H16F2O2/c1-10-3-8-14(11(2)9-10)15(19)12-4-6-13(7-5-12)20-16(17)18/h3-9,15-16,19H,1-2H3. The molecule has 0 aliphatic rings. The van der Waals surface area contributed by atoms with Crippen LogP contribution < -0.4 is 4.74 Å². The van der Waals surface area contributed by atoms with Crippen molar-refractivity contribution in [1.82, 2.24) is 0 Å². The molecular weight excluding hydrogens is 262 g/mol. The lowest BCUT2D eigenvalue weighted by Gasteiger charge is -2.15. The van der Waals surface area contributed by atoms with Gasteiger partial charge in [-0.05, 0) is 42.7 Å². The summed E-state index contributed by atoms with van der Waals surface area (Å²) in [5, 5.41) is 10.3. The number of ether oxygens (including phenoxy) is 1. The highest BCUT2D eigenvalue weighted by Gasteiger charge is 2.13. The molecule has 0 saturated heterocycles. The summed E-state index contributed by atoms with van der Waals surface area (Å²) in [7, 11) is 0. The molecule has 0 heterocycles. The molecule has 0 fully saturated rings. The maximum Gasteiger partial charge on any atom is 0.387 e. The average Bonchev–Trinajstić information content (AvgIpc) is 2.38. The summed E-state index contributed by atoms with van der Waals surface area (Å²) in [6, 6.07) is 11.8. The lowest BCUT2D eigenvalue weighted by molar-refractivity contribution is -0.0498. The van der Waals surface area contributed by atoms with Gasteiger partial charge in [0.15, 0.2) is 0 Å². The number of aryl methyl sites for hydroxylation is 2. The highest BCUT2D eigenvalue weighted by molar-refractivity contribution is 5.39. The maximum atomic E-state index is 12.1. The van der Waals surface area contributed by atoms with Crippen molar-refractivity contribution in [2.45, 2.75) is 26.6 Å². The third kappa shape index (κ3) is 3.33. The van der Waals surface area contributed by atoms with Crippen molar-refractivity contribution in [3.8, 4) is 5.75 Å². The van der Waals surface area contributed by atoms with Gasteiger partial charge in [0.05, 0.1) is 0 Å². The molecule has 20 heavy (non-hydrogen) atoms. The summed E-state index contributed by atoms with van der Waals surface area (Å²) in [6.07, 6.45) is -0.781. The molecule has 2 aromatic rings. The zero-order valence-corrected chi connectivity index (χ0v) is 11.3. The highest BCUT2D eigenvalue weighted by atomic mass is 19.3. The van der Waals surface area contributed by atoms with Crippen LogP contribution in [0.1, 0.15) is 28.4 Å². The third-order valence-corrected chi connectivity index (χ3v) is 3.14. The molecule has 1 N–H and O–H groups in total. The lowest BCUT2D eigenvalue weighted by atomic mass is 9.96. The number of benzene rings is 2. The Labute approximate surface area is 116 Å². The molecular formula is C16H16F2O2. The summed E-state index contributed by atoms with van der Waals surface area (Å²) in [5.41, 5.74) is 3.56. The topological polar surface area (TPSA) is 29.5 Å². The third-order valence-electron chi connectivity index (χ3n) is 3.14. The SMILES string of the molecule is Cc1ccc(C(O)c2ccc(OC(F)F)cc2)c(C)c1. The quantitative estimate of drug-likeness (QED) is 0.916. The van der Waals surface area contributed by atoms with E-state index in [0.717, 1.165) is 16.7 Å². The lowest BCUT2D eigenvalue weighted by Crippen LogP contribution is -2.04. The first-order valence-electron chi connectivity index (χ1n) is 6.27. The summed E-state index contributed by atoms with van der Waals surface area (Å²) in [5.74, 6) is 0.0802. The van der Waals surface area contributed by atoms with Crippen molar-refractivity contribution in [3.63, 3.8) is 0 Å². The minimum absolute atomic E-state index is 0.0802. The zero-order valence-electron chi connectivity index (χ0n) is 11.3. The second-order valence-electron chi connectivity index (χ2n) is 4.71. The van der Waals surface area contributed by atoms with E-state index >= 15 is 0 Å². The van der Waals surface area contributed by atoms with Crippen molar-refractivity contribution >= 4 is 0 Å². The zero-order chi connectivity index (χ0) is 14.7. The van der Waals surface area contributed by atoms with Gasteiger partial charge in [-0.3, -0.25) is 0 Å². The van der Waals surface area contributed by atoms with E-state index in [0.29, 0.717) is 5.56 Å². The number of aliphatic hydroxyl groups excluding tert-OH is 1. The number of hydrogen-bond acceptors (Lipinski definition) is 2. The molecule has 0 saturated carbocycles. The Morgan fingerprint density at radius 2 is 1.65 bits per heavy atom. The minimum Gasteiger partial charge on any atom is -0.435 e. The van der Waals surface area contributed by atoms with Crippen molar-refractivity contribution in [1.29, 1.82) is 0 Å². The molecule has 0 spiro atoms. The van der Waals surface area contributed by atoms with Crippen LogP contribution in [0.3, 0.4) is 0 Å². The Bertz CT molecular complexity index is 580. The van der Waals surface area contributed by atoms with Gasteiger partial charge in [0.25, 0.3) is 0 Å². The monoisotopic (exact) mass is 278 g/mol. The number of halogens is 2. The Hall–Kier alpha value is -1.94. The predicted octanol–water partition coefficient (Wildman–Crippen LogP) is 3.99. The van der Waals surface area contributed by atoms with Crippen LogP contribution in [0, 0.1) is 13.8 Å². The smallest absolute Gasteiger partial charge is 0.387 e. The fourth-order valence-electron chi connectivity index (χ4n) is 2.14. The van der Waals surface area contributed by atoms with E-state index in [9.17, 15) is 13.9 Å². The van der Waals surface area contributed by atoms with Gasteiger partial charge < -0.3 is 9.84 Å². The summed E-state index contributed by atoms with van der Waals surface area (Å²) < 4.78 is 28.4. The Balaban J connectivity index is 2.22. The van der Waals surface area contributed by atoms with Crippen LogP contribution in [-0.4, -0.2) is 11.7 Å². The van der Waals surface area contributed by atoms with E-state index in [1.54, 1.807) is 12.1 Å². The molecule has 0 amide bonds. The van der Waals surface area contributed by atoms with Gasteiger partial charge in [-0.25, -0.2) is 0 Å². The first-order chi connectivity index (χ1) is 9.47. The van der Waals surface area contributed by atoms with Crippen molar-refractivity contribution in [2.75, 3.05) is 0 Å². The molecule has 2 aromatic carbocycles. The Kier molecular flexibility index (Phi) is 4.35. The fourth-order valence-corrected chi connectivity index (χ4v) is 2.14. The molecule has 0 aliphatic heterocycles. The van der Waals surface area contributed by atoms with Gasteiger partial charge in [0, 0.05) is 0 Å². The van der Waals surface area contributed by atoms with E-state index in [-0.39, 0.29) is 5.75 Å². The predicted molar refractivity (Wildman–Crippen MR) is 73.1 cm³/mol. The number of hydrogen-bond donors (Lipinski definition) is 1. The van der Waals surface area contributed by atoms with Gasteiger partial charge in [-0.1, -0.05) is 35.9 Å². The molecule has 0 aliphatic carbocycles. The van der Waals surface area contributed by atoms with Gasteiger partial charge in [-0.2, -0.15) is 8.78 Å². The largest absolute Gasteiger partial charge is 0.435 e. The fraction of sp³-hybridized carbons (Fsp3) is 0.250. The highest BCUT2D eigenvalue weighted by Crippen LogP contribution is 2.27. The molecule has 1 atom stereocenters. The van der Waals surface area contributed by atoms with Gasteiger partial charge >= 0.3 is 6.61 Å². The first kappa shape index (κ1) is 14.5. The van der Waals surface area contributed by atoms with Crippen LogP contribution in [-0.2, 0) is 0 Å². The van der Waals surface area contributed by atoms with E-state index in [4.69, 9.17) is 0 Å². The van der Waals surface area contributed by atoms with Crippen LogP contribution in [0.5, 0.6) is 5.75 Å². The molecule has 106 valence electrons. The van der Waals surface area contributed by atoms with Crippen LogP contribution in [0.15, 0.2) is 42.5 Å². The van der Waals surface area contributed by atoms with Crippen molar-refractivity contribution in [3.05, 3.63) is 64.7 Å².